The summed E-state index contributed by atoms with van der Waals surface area (Å²) in [5, 5.41) is 13.2. The second-order valence-electron chi connectivity index (χ2n) is 8.84. The van der Waals surface area contributed by atoms with Gasteiger partial charge in [-0.25, -0.2) is 19.7 Å². The Kier molecular flexibility index (Phi) is 8.41. The van der Waals surface area contributed by atoms with E-state index < -0.39 is 6.03 Å². The van der Waals surface area contributed by atoms with Crippen LogP contribution in [0.1, 0.15) is 31.9 Å². The number of urea groups is 1. The van der Waals surface area contributed by atoms with Crippen LogP contribution in [0.3, 0.4) is 0 Å². The van der Waals surface area contributed by atoms with E-state index in [2.05, 4.69) is 41.0 Å². The molecule has 0 unspecified atom stereocenters. The van der Waals surface area contributed by atoms with E-state index in [1.807, 2.05) is 31.2 Å². The molecule has 0 bridgehead atoms. The van der Waals surface area contributed by atoms with Gasteiger partial charge in [0.2, 0.25) is 5.88 Å². The van der Waals surface area contributed by atoms with Crippen molar-refractivity contribution >= 4 is 39.8 Å². The minimum atomic E-state index is -0.391. The van der Waals surface area contributed by atoms with Crippen molar-refractivity contribution in [3.8, 4) is 16.3 Å². The molecule has 1 aliphatic heterocycles. The smallest absolute Gasteiger partial charge is 0.324 e. The lowest BCUT2D eigenvalue weighted by Crippen LogP contribution is -2.33. The Morgan fingerprint density at radius 2 is 1.89 bits per heavy atom. The molecule has 2 amide bonds. The molecule has 3 N–H and O–H groups in total. The number of rotatable bonds is 10. The van der Waals surface area contributed by atoms with Gasteiger partial charge in [0.15, 0.2) is 10.9 Å². The van der Waals surface area contributed by atoms with Gasteiger partial charge in [-0.3, -0.25) is 10.2 Å². The Labute approximate surface area is 224 Å². The first-order valence-electron chi connectivity index (χ1n) is 12.7. The summed E-state index contributed by atoms with van der Waals surface area (Å²) in [7, 11) is 0. The van der Waals surface area contributed by atoms with Crippen molar-refractivity contribution in [3.05, 3.63) is 54.7 Å². The second-order valence-corrected chi connectivity index (χ2v) is 9.87. The molecule has 198 valence electrons. The Bertz CT molecular complexity index is 1330. The van der Waals surface area contributed by atoms with E-state index in [-0.39, 0.29) is 0 Å². The average molecular weight is 535 g/mol. The van der Waals surface area contributed by atoms with Gasteiger partial charge in [-0.15, -0.1) is 0 Å². The quantitative estimate of drug-likeness (QED) is 0.245. The number of aromatic nitrogens is 4. The van der Waals surface area contributed by atoms with Crippen molar-refractivity contribution in [1.82, 2.24) is 25.0 Å². The zero-order valence-electron chi connectivity index (χ0n) is 21.1. The van der Waals surface area contributed by atoms with Gasteiger partial charge in [0.25, 0.3) is 0 Å². The molecule has 12 heteroatoms. The third kappa shape index (κ3) is 7.05. The van der Waals surface area contributed by atoms with Gasteiger partial charge in [-0.1, -0.05) is 42.0 Å². The van der Waals surface area contributed by atoms with E-state index in [9.17, 15) is 4.79 Å². The molecular formula is C26H30N8O3S. The maximum atomic E-state index is 12.2. The number of hydrogen-bond acceptors (Lipinski definition) is 10. The van der Waals surface area contributed by atoms with Crippen LogP contribution in [-0.4, -0.2) is 57.3 Å². The van der Waals surface area contributed by atoms with E-state index >= 15 is 0 Å². The first-order valence-corrected chi connectivity index (χ1v) is 13.5. The van der Waals surface area contributed by atoms with Crippen molar-refractivity contribution in [2.24, 2.45) is 0 Å². The van der Waals surface area contributed by atoms with Gasteiger partial charge < -0.3 is 19.9 Å². The summed E-state index contributed by atoms with van der Waals surface area (Å²) in [4.78, 5) is 28.6. The van der Waals surface area contributed by atoms with Crippen LogP contribution >= 0.6 is 11.3 Å². The number of thiazole rings is 1. The van der Waals surface area contributed by atoms with Crippen LogP contribution in [0.2, 0.25) is 0 Å². The van der Waals surface area contributed by atoms with Crippen molar-refractivity contribution < 1.29 is 14.1 Å². The van der Waals surface area contributed by atoms with Gasteiger partial charge in [-0.2, -0.15) is 0 Å². The maximum absolute atomic E-state index is 12.2. The summed E-state index contributed by atoms with van der Waals surface area (Å²) in [6.07, 6.45) is 7.85. The minimum absolute atomic E-state index is 0.375. The molecular weight excluding hydrogens is 504 g/mol. The molecule has 0 saturated carbocycles. The molecule has 1 saturated heterocycles. The Balaban J connectivity index is 1.12. The van der Waals surface area contributed by atoms with Crippen molar-refractivity contribution in [1.29, 1.82) is 0 Å². The summed E-state index contributed by atoms with van der Waals surface area (Å²) >= 11 is 1.50. The zero-order chi connectivity index (χ0) is 26.2. The molecule has 0 aliphatic carbocycles. The van der Waals surface area contributed by atoms with Crippen LogP contribution in [0.25, 0.3) is 10.4 Å². The van der Waals surface area contributed by atoms with Gasteiger partial charge in [0.05, 0.1) is 4.88 Å². The fraction of sp³-hybridized carbons (Fsp3) is 0.346. The third-order valence-electron chi connectivity index (χ3n) is 6.07. The molecule has 11 nitrogen and oxygen atoms in total. The summed E-state index contributed by atoms with van der Waals surface area (Å²) < 4.78 is 10.9. The number of likely N-dealkylation sites (tertiary alicyclic amines) is 1. The minimum Gasteiger partial charge on any atom is -0.476 e. The molecule has 5 rings (SSSR count). The van der Waals surface area contributed by atoms with Gasteiger partial charge >= 0.3 is 6.03 Å². The standard InChI is InChI=1S/C26H30N8O3S/c1-2-20-14-23(33-37-20)31-25(35)30-19-8-6-18(7-9-19)21-16-27-26(38-21)32-22-15-24(29-17-28-22)36-13-12-34-10-4-3-5-11-34/h6-9,14-17H,2-5,10-13H2,1H3,(H,27,28,29,32)(H2,30,31,33,35). The molecule has 0 atom stereocenters. The monoisotopic (exact) mass is 534 g/mol. The SMILES string of the molecule is CCc1cc(NC(=O)Nc2ccc(-c3cnc(Nc4cc(OCCN5CCCCC5)ncn4)s3)cc2)no1. The van der Waals surface area contributed by atoms with Crippen LogP contribution in [0.4, 0.5) is 27.2 Å². The Hall–Kier alpha value is -4.03. The van der Waals surface area contributed by atoms with Crippen LogP contribution in [-0.2, 0) is 6.42 Å². The van der Waals surface area contributed by atoms with Crippen molar-refractivity contribution in [3.63, 3.8) is 0 Å². The molecule has 0 spiro atoms. The number of nitrogens with one attached hydrogen (secondary N) is 3. The highest BCUT2D eigenvalue weighted by molar-refractivity contribution is 7.18. The highest BCUT2D eigenvalue weighted by atomic mass is 32.1. The van der Waals surface area contributed by atoms with E-state index in [1.165, 1.54) is 36.9 Å². The van der Waals surface area contributed by atoms with E-state index in [0.29, 0.717) is 47.1 Å². The molecule has 4 heterocycles. The zero-order valence-corrected chi connectivity index (χ0v) is 22.0. The molecule has 3 aromatic heterocycles. The number of ether oxygens (including phenoxy) is 1. The number of aryl methyl sites for hydroxylation is 1. The maximum Gasteiger partial charge on any atom is 0.324 e. The normalized spacial score (nSPS) is 13.7. The number of carbonyl (C=O) groups is 1. The lowest BCUT2D eigenvalue weighted by Gasteiger charge is -2.25. The predicted molar refractivity (Wildman–Crippen MR) is 147 cm³/mol. The number of hydrogen-bond donors (Lipinski definition) is 3. The summed E-state index contributed by atoms with van der Waals surface area (Å²) in [6, 6.07) is 10.6. The van der Waals surface area contributed by atoms with E-state index in [1.54, 1.807) is 18.3 Å². The number of piperidine rings is 1. The average Bonchev–Trinajstić information content (AvgIpc) is 3.59. The molecule has 1 fully saturated rings. The number of anilines is 4. The topological polar surface area (TPSA) is 130 Å². The highest BCUT2D eigenvalue weighted by Crippen LogP contribution is 2.31. The molecule has 1 aliphatic rings. The first kappa shape index (κ1) is 25.6. The molecule has 1 aromatic carbocycles. The lowest BCUT2D eigenvalue weighted by atomic mass is 10.1. The van der Waals surface area contributed by atoms with Crippen LogP contribution in [0, 0.1) is 0 Å². The Morgan fingerprint density at radius 3 is 2.68 bits per heavy atom. The number of benzene rings is 1. The van der Waals surface area contributed by atoms with Crippen LogP contribution in [0.5, 0.6) is 5.88 Å². The molecule has 4 aromatic rings. The number of carbonyl (C=O) groups excluding carboxylic acids is 1. The van der Waals surface area contributed by atoms with Gasteiger partial charge in [0, 0.05) is 37.0 Å². The Morgan fingerprint density at radius 1 is 1.05 bits per heavy atom. The van der Waals surface area contributed by atoms with Crippen LogP contribution in [0.15, 0.2) is 53.4 Å². The molecule has 0 radical (unpaired) electrons. The second kappa shape index (κ2) is 12.5. The number of amides is 2. The van der Waals surface area contributed by atoms with Crippen LogP contribution < -0.4 is 20.7 Å². The predicted octanol–water partition coefficient (Wildman–Crippen LogP) is 5.40. The van der Waals surface area contributed by atoms with Gasteiger partial charge in [-0.05, 0) is 43.6 Å². The van der Waals surface area contributed by atoms with E-state index in [0.717, 1.165) is 30.1 Å². The number of nitrogens with zero attached hydrogens (tertiary/aromatic N) is 5. The third-order valence-corrected chi connectivity index (χ3v) is 7.03. The summed E-state index contributed by atoms with van der Waals surface area (Å²) in [5.41, 5.74) is 1.64. The first-order chi connectivity index (χ1) is 18.6. The lowest BCUT2D eigenvalue weighted by molar-refractivity contribution is 0.180. The van der Waals surface area contributed by atoms with E-state index in [4.69, 9.17) is 9.26 Å². The van der Waals surface area contributed by atoms with Crippen molar-refractivity contribution in [2.45, 2.75) is 32.6 Å². The molecule has 38 heavy (non-hydrogen) atoms. The highest BCUT2D eigenvalue weighted by Gasteiger charge is 2.11. The van der Waals surface area contributed by atoms with Gasteiger partial charge in [0.1, 0.15) is 24.5 Å². The summed E-state index contributed by atoms with van der Waals surface area (Å²) in [6.45, 7) is 5.75. The van der Waals surface area contributed by atoms with Crippen molar-refractivity contribution in [2.75, 3.05) is 42.2 Å². The largest absolute Gasteiger partial charge is 0.476 e. The fourth-order valence-corrected chi connectivity index (χ4v) is 4.89. The fourth-order valence-electron chi connectivity index (χ4n) is 4.06. The summed E-state index contributed by atoms with van der Waals surface area (Å²) in [5.74, 6) is 2.25.